The Hall–Kier alpha value is -3.06. The van der Waals surface area contributed by atoms with E-state index in [2.05, 4.69) is 11.4 Å². The van der Waals surface area contributed by atoms with Gasteiger partial charge < -0.3 is 24.6 Å². The highest BCUT2D eigenvalue weighted by atomic mass is 16.5. The molecule has 34 heavy (non-hydrogen) atoms. The molecular weight excluding hydrogens is 434 g/mol. The summed E-state index contributed by atoms with van der Waals surface area (Å²) < 4.78 is 16.4. The Morgan fingerprint density at radius 1 is 0.941 bits per heavy atom. The van der Waals surface area contributed by atoms with Gasteiger partial charge in [0.15, 0.2) is 11.5 Å². The standard InChI is InChI=1S/C27H35NO6/c1-32-23-11-10-22(25(30)28-27(26(31)33-2)14-5-3-4-6-15-27)19-24(23)34-17-13-21-9-7-8-20(18-21)12-16-29/h7-11,18-19,29H,3-6,12-17H2,1-2H3,(H,28,30). The number of benzene rings is 2. The van der Waals surface area contributed by atoms with Crippen molar-refractivity contribution < 1.29 is 28.9 Å². The first-order valence-corrected chi connectivity index (χ1v) is 11.9. The summed E-state index contributed by atoms with van der Waals surface area (Å²) >= 11 is 0. The minimum atomic E-state index is -0.997. The lowest BCUT2D eigenvalue weighted by atomic mass is 9.89. The van der Waals surface area contributed by atoms with Gasteiger partial charge in [-0.1, -0.05) is 49.9 Å². The summed E-state index contributed by atoms with van der Waals surface area (Å²) in [6.07, 6.45) is 6.24. The number of hydrogen-bond donors (Lipinski definition) is 2. The van der Waals surface area contributed by atoms with Crippen molar-refractivity contribution in [1.29, 1.82) is 0 Å². The number of rotatable bonds is 10. The third-order valence-electron chi connectivity index (χ3n) is 6.35. The molecule has 2 aromatic rings. The minimum Gasteiger partial charge on any atom is -0.493 e. The first kappa shape index (κ1) is 25.6. The summed E-state index contributed by atoms with van der Waals surface area (Å²) in [7, 11) is 2.91. The van der Waals surface area contributed by atoms with Gasteiger partial charge in [-0.05, 0) is 48.6 Å². The van der Waals surface area contributed by atoms with Gasteiger partial charge in [-0.2, -0.15) is 0 Å². The van der Waals surface area contributed by atoms with E-state index in [0.29, 0.717) is 49.4 Å². The molecule has 0 saturated heterocycles. The summed E-state index contributed by atoms with van der Waals surface area (Å²) in [5.74, 6) is 0.269. The Balaban J connectivity index is 1.71. The third-order valence-corrected chi connectivity index (χ3v) is 6.35. The first-order valence-electron chi connectivity index (χ1n) is 11.9. The molecular formula is C27H35NO6. The zero-order valence-electron chi connectivity index (χ0n) is 20.1. The lowest BCUT2D eigenvalue weighted by Gasteiger charge is -2.31. The summed E-state index contributed by atoms with van der Waals surface area (Å²) in [5, 5.41) is 12.1. The Bertz CT molecular complexity index is 965. The molecule has 2 aromatic carbocycles. The highest BCUT2D eigenvalue weighted by Crippen LogP contribution is 2.31. The van der Waals surface area contributed by atoms with E-state index in [4.69, 9.17) is 19.3 Å². The topological polar surface area (TPSA) is 94.1 Å². The van der Waals surface area contributed by atoms with Gasteiger partial charge >= 0.3 is 5.97 Å². The molecule has 0 atom stereocenters. The molecule has 184 valence electrons. The SMILES string of the molecule is COC(=O)C1(NC(=O)c2ccc(OC)c(OCCc3cccc(CCO)c3)c2)CCCCCC1. The maximum absolute atomic E-state index is 13.2. The molecule has 0 aromatic heterocycles. The van der Waals surface area contributed by atoms with Crippen LogP contribution in [0.15, 0.2) is 42.5 Å². The first-order chi connectivity index (χ1) is 16.5. The van der Waals surface area contributed by atoms with Crippen LogP contribution in [-0.2, 0) is 22.4 Å². The average molecular weight is 470 g/mol. The molecule has 0 aliphatic heterocycles. The Kier molecular flexibility index (Phi) is 9.33. The van der Waals surface area contributed by atoms with Gasteiger partial charge in [0, 0.05) is 18.6 Å². The van der Waals surface area contributed by atoms with E-state index in [1.54, 1.807) is 25.3 Å². The van der Waals surface area contributed by atoms with E-state index >= 15 is 0 Å². The number of ether oxygens (including phenoxy) is 3. The number of hydrogen-bond acceptors (Lipinski definition) is 6. The van der Waals surface area contributed by atoms with Crippen molar-refractivity contribution in [2.45, 2.75) is 56.9 Å². The quantitative estimate of drug-likeness (QED) is 0.406. The molecule has 0 bridgehead atoms. The number of aliphatic hydroxyl groups is 1. The number of carbonyl (C=O) groups is 2. The Morgan fingerprint density at radius 2 is 1.65 bits per heavy atom. The van der Waals surface area contributed by atoms with Crippen LogP contribution in [-0.4, -0.2) is 50.0 Å². The monoisotopic (exact) mass is 469 g/mol. The molecule has 0 heterocycles. The fourth-order valence-corrected chi connectivity index (χ4v) is 4.48. The largest absolute Gasteiger partial charge is 0.493 e. The fraction of sp³-hybridized carbons (Fsp3) is 0.481. The Labute approximate surface area is 201 Å². The molecule has 2 N–H and O–H groups in total. The maximum atomic E-state index is 13.2. The zero-order valence-corrected chi connectivity index (χ0v) is 20.1. The normalized spacial score (nSPS) is 15.1. The second kappa shape index (κ2) is 12.4. The van der Waals surface area contributed by atoms with Crippen molar-refractivity contribution in [2.24, 2.45) is 0 Å². The molecule has 0 radical (unpaired) electrons. The maximum Gasteiger partial charge on any atom is 0.331 e. The van der Waals surface area contributed by atoms with Crippen LogP contribution in [0.2, 0.25) is 0 Å². The van der Waals surface area contributed by atoms with Gasteiger partial charge in [0.2, 0.25) is 0 Å². The fourth-order valence-electron chi connectivity index (χ4n) is 4.48. The number of carbonyl (C=O) groups excluding carboxylic acids is 2. The average Bonchev–Trinajstić information content (AvgIpc) is 3.10. The number of methoxy groups -OCH3 is 2. The zero-order chi connectivity index (χ0) is 24.4. The van der Waals surface area contributed by atoms with Crippen LogP contribution in [0.4, 0.5) is 0 Å². The van der Waals surface area contributed by atoms with E-state index in [0.717, 1.165) is 36.8 Å². The molecule has 7 nitrogen and oxygen atoms in total. The molecule has 1 aliphatic rings. The minimum absolute atomic E-state index is 0.114. The predicted octanol–water partition coefficient (Wildman–Crippen LogP) is 3.85. The molecule has 3 rings (SSSR count). The van der Waals surface area contributed by atoms with Gasteiger partial charge in [-0.25, -0.2) is 4.79 Å². The molecule has 7 heteroatoms. The smallest absolute Gasteiger partial charge is 0.331 e. The number of aliphatic hydroxyl groups excluding tert-OH is 1. The second-order valence-corrected chi connectivity index (χ2v) is 8.70. The highest BCUT2D eigenvalue weighted by Gasteiger charge is 2.41. The number of amides is 1. The van der Waals surface area contributed by atoms with E-state index < -0.39 is 11.5 Å². The van der Waals surface area contributed by atoms with Crippen LogP contribution in [0.5, 0.6) is 11.5 Å². The van der Waals surface area contributed by atoms with Crippen molar-refractivity contribution in [1.82, 2.24) is 5.32 Å². The van der Waals surface area contributed by atoms with Gasteiger partial charge in [0.05, 0.1) is 20.8 Å². The van der Waals surface area contributed by atoms with Crippen LogP contribution >= 0.6 is 0 Å². The second-order valence-electron chi connectivity index (χ2n) is 8.70. The Morgan fingerprint density at radius 3 is 2.29 bits per heavy atom. The molecule has 1 aliphatic carbocycles. The number of esters is 1. The molecule has 1 amide bonds. The van der Waals surface area contributed by atoms with Gasteiger partial charge in [0.25, 0.3) is 5.91 Å². The van der Waals surface area contributed by atoms with Crippen LogP contribution in [0.1, 0.15) is 60.0 Å². The summed E-state index contributed by atoms with van der Waals surface area (Å²) in [6, 6.07) is 13.0. The molecule has 0 unspecified atom stereocenters. The van der Waals surface area contributed by atoms with E-state index in [9.17, 15) is 9.59 Å². The summed E-state index contributed by atoms with van der Waals surface area (Å²) in [5.41, 5.74) is 1.58. The summed E-state index contributed by atoms with van der Waals surface area (Å²) in [4.78, 5) is 25.8. The van der Waals surface area contributed by atoms with Gasteiger partial charge in [-0.3, -0.25) is 4.79 Å². The van der Waals surface area contributed by atoms with Crippen molar-refractivity contribution in [3.05, 3.63) is 59.2 Å². The van der Waals surface area contributed by atoms with Crippen molar-refractivity contribution in [2.75, 3.05) is 27.4 Å². The molecule has 0 spiro atoms. The molecule has 1 saturated carbocycles. The van der Waals surface area contributed by atoms with E-state index in [1.807, 2.05) is 18.2 Å². The van der Waals surface area contributed by atoms with Crippen LogP contribution < -0.4 is 14.8 Å². The summed E-state index contributed by atoms with van der Waals surface area (Å²) in [6.45, 7) is 0.513. The number of nitrogens with one attached hydrogen (secondary N) is 1. The lowest BCUT2D eigenvalue weighted by molar-refractivity contribution is -0.148. The van der Waals surface area contributed by atoms with Crippen molar-refractivity contribution in [3.63, 3.8) is 0 Å². The van der Waals surface area contributed by atoms with Crippen LogP contribution in [0.3, 0.4) is 0 Å². The van der Waals surface area contributed by atoms with E-state index in [-0.39, 0.29) is 12.5 Å². The van der Waals surface area contributed by atoms with Crippen molar-refractivity contribution in [3.8, 4) is 11.5 Å². The lowest BCUT2D eigenvalue weighted by Crippen LogP contribution is -2.54. The predicted molar refractivity (Wildman–Crippen MR) is 129 cm³/mol. The van der Waals surface area contributed by atoms with Crippen LogP contribution in [0.25, 0.3) is 0 Å². The molecule has 1 fully saturated rings. The van der Waals surface area contributed by atoms with E-state index in [1.165, 1.54) is 7.11 Å². The highest BCUT2D eigenvalue weighted by molar-refractivity contribution is 5.98. The van der Waals surface area contributed by atoms with Gasteiger partial charge in [-0.15, -0.1) is 0 Å². The third kappa shape index (κ3) is 6.50. The van der Waals surface area contributed by atoms with Crippen LogP contribution in [0, 0.1) is 0 Å². The van der Waals surface area contributed by atoms with Crippen molar-refractivity contribution >= 4 is 11.9 Å². The van der Waals surface area contributed by atoms with Gasteiger partial charge in [0.1, 0.15) is 5.54 Å².